The van der Waals surface area contributed by atoms with Crippen LogP contribution in [0.5, 0.6) is 11.5 Å². The molecule has 0 aliphatic carbocycles. The normalized spacial score (nSPS) is 13.2. The van der Waals surface area contributed by atoms with Gasteiger partial charge in [-0.15, -0.1) is 0 Å². The van der Waals surface area contributed by atoms with Crippen molar-refractivity contribution >= 4 is 27.5 Å². The number of hydrogen-bond acceptors (Lipinski definition) is 6. The molecular weight excluding hydrogens is 542 g/mol. The van der Waals surface area contributed by atoms with Gasteiger partial charge in [-0.25, -0.2) is 8.42 Å². The second kappa shape index (κ2) is 14.0. The molecule has 0 aromatic heterocycles. The molecule has 41 heavy (non-hydrogen) atoms. The van der Waals surface area contributed by atoms with E-state index in [0.717, 1.165) is 22.7 Å². The van der Waals surface area contributed by atoms with Crippen LogP contribution in [0.4, 0.5) is 5.69 Å². The average Bonchev–Trinajstić information content (AvgIpc) is 3.00. The molecule has 0 bridgehead atoms. The lowest BCUT2D eigenvalue weighted by Crippen LogP contribution is -2.52. The summed E-state index contributed by atoms with van der Waals surface area (Å²) in [6.07, 6.45) is 2.26. The molecule has 218 valence electrons. The smallest absolute Gasteiger partial charge is 0.264 e. The fraction of sp³-hybridized carbons (Fsp3) is 0.355. The largest absolute Gasteiger partial charge is 0.486 e. The van der Waals surface area contributed by atoms with Crippen molar-refractivity contribution in [3.05, 3.63) is 84.4 Å². The number of nitrogens with zero attached hydrogens (tertiary/aromatic N) is 2. The molecule has 1 N–H and O–H groups in total. The van der Waals surface area contributed by atoms with Crippen molar-refractivity contribution in [3.63, 3.8) is 0 Å². The number of amides is 2. The van der Waals surface area contributed by atoms with Gasteiger partial charge in [0, 0.05) is 19.2 Å². The molecule has 0 radical (unpaired) electrons. The van der Waals surface area contributed by atoms with Crippen molar-refractivity contribution in [1.29, 1.82) is 0 Å². The highest BCUT2D eigenvalue weighted by Crippen LogP contribution is 2.35. The zero-order valence-corrected chi connectivity index (χ0v) is 24.3. The Morgan fingerprint density at radius 2 is 1.59 bits per heavy atom. The first-order valence-electron chi connectivity index (χ1n) is 13.9. The fourth-order valence-corrected chi connectivity index (χ4v) is 5.97. The van der Waals surface area contributed by atoms with E-state index < -0.39 is 28.5 Å². The van der Waals surface area contributed by atoms with Crippen molar-refractivity contribution in [2.24, 2.45) is 0 Å². The molecule has 0 saturated carbocycles. The number of sulfonamides is 1. The number of unbranched alkanes of at least 4 members (excludes halogenated alkanes) is 1. The van der Waals surface area contributed by atoms with E-state index in [4.69, 9.17) is 9.47 Å². The third-order valence-corrected chi connectivity index (χ3v) is 8.69. The lowest BCUT2D eigenvalue weighted by molar-refractivity contribution is -0.138. The third-order valence-electron chi connectivity index (χ3n) is 6.90. The molecule has 0 saturated heterocycles. The first-order valence-corrected chi connectivity index (χ1v) is 15.3. The Labute approximate surface area is 242 Å². The Morgan fingerprint density at radius 3 is 2.27 bits per heavy atom. The minimum Gasteiger partial charge on any atom is -0.486 e. The Bertz CT molecular complexity index is 1420. The van der Waals surface area contributed by atoms with E-state index >= 15 is 0 Å². The number of nitrogens with one attached hydrogen (secondary N) is 1. The molecule has 1 aliphatic rings. The van der Waals surface area contributed by atoms with Gasteiger partial charge in [-0.2, -0.15) is 0 Å². The number of anilines is 1. The summed E-state index contributed by atoms with van der Waals surface area (Å²) in [5, 5.41) is 2.90. The molecule has 0 unspecified atom stereocenters. The second-order valence-corrected chi connectivity index (χ2v) is 11.7. The van der Waals surface area contributed by atoms with E-state index in [-0.39, 0.29) is 23.0 Å². The van der Waals surface area contributed by atoms with Gasteiger partial charge in [0.05, 0.1) is 10.6 Å². The standard InChI is InChI=1S/C31H37N3O6S/c1-3-4-18-32-31(36)24(2)33(19-17-25-11-7-5-8-12-25)30(35)23-34(41(37,38)27-13-9-6-10-14-27)26-15-16-28-29(22-26)40-21-20-39-28/h5-16,22,24H,3-4,17-21,23H2,1-2H3,(H,32,36)/t24-/m1/s1. The van der Waals surface area contributed by atoms with E-state index in [2.05, 4.69) is 5.32 Å². The monoisotopic (exact) mass is 579 g/mol. The summed E-state index contributed by atoms with van der Waals surface area (Å²) in [4.78, 5) is 28.5. The molecule has 9 nitrogen and oxygen atoms in total. The number of carbonyl (C=O) groups excluding carboxylic acids is 2. The first-order chi connectivity index (χ1) is 19.8. The van der Waals surface area contributed by atoms with Gasteiger partial charge in [0.25, 0.3) is 10.0 Å². The fourth-order valence-electron chi connectivity index (χ4n) is 4.54. The maximum atomic E-state index is 14.0. The molecule has 3 aromatic rings. The van der Waals surface area contributed by atoms with Gasteiger partial charge >= 0.3 is 0 Å². The van der Waals surface area contributed by atoms with Gasteiger partial charge in [0.15, 0.2) is 11.5 Å². The maximum Gasteiger partial charge on any atom is 0.264 e. The number of hydrogen-bond donors (Lipinski definition) is 1. The number of fused-ring (bicyclic) bond motifs is 1. The first kappa shape index (κ1) is 29.9. The number of carbonyl (C=O) groups is 2. The molecule has 2 amide bonds. The quantitative estimate of drug-likeness (QED) is 0.307. The zero-order valence-electron chi connectivity index (χ0n) is 23.5. The molecule has 1 aliphatic heterocycles. The molecular formula is C31H37N3O6S. The van der Waals surface area contributed by atoms with Gasteiger partial charge in [0.1, 0.15) is 25.8 Å². The third kappa shape index (κ3) is 7.58. The van der Waals surface area contributed by atoms with E-state index in [1.807, 2.05) is 37.3 Å². The molecule has 1 heterocycles. The van der Waals surface area contributed by atoms with Crippen LogP contribution in [0.1, 0.15) is 32.3 Å². The minimum atomic E-state index is -4.15. The van der Waals surface area contributed by atoms with Crippen molar-refractivity contribution < 1.29 is 27.5 Å². The minimum absolute atomic E-state index is 0.0453. The van der Waals surface area contributed by atoms with Crippen molar-refractivity contribution in [2.75, 3.05) is 37.2 Å². The van der Waals surface area contributed by atoms with Gasteiger partial charge in [-0.3, -0.25) is 13.9 Å². The van der Waals surface area contributed by atoms with Crippen LogP contribution in [0.2, 0.25) is 0 Å². The predicted molar refractivity (Wildman–Crippen MR) is 158 cm³/mol. The van der Waals surface area contributed by atoms with Gasteiger partial charge in [0.2, 0.25) is 11.8 Å². The zero-order chi connectivity index (χ0) is 29.2. The maximum absolute atomic E-state index is 14.0. The Kier molecular flexibility index (Phi) is 10.2. The lowest BCUT2D eigenvalue weighted by atomic mass is 10.1. The molecule has 0 fully saturated rings. The molecule has 0 spiro atoms. The SMILES string of the molecule is CCCCNC(=O)[C@@H](C)N(CCc1ccccc1)C(=O)CN(c1ccc2c(c1)OCCO2)S(=O)(=O)c1ccccc1. The predicted octanol–water partition coefficient (Wildman–Crippen LogP) is 4.03. The topological polar surface area (TPSA) is 105 Å². The molecule has 1 atom stereocenters. The van der Waals surface area contributed by atoms with Crippen LogP contribution in [0, 0.1) is 0 Å². The van der Waals surface area contributed by atoms with Crippen LogP contribution in [0.3, 0.4) is 0 Å². The van der Waals surface area contributed by atoms with Crippen LogP contribution in [0.25, 0.3) is 0 Å². The summed E-state index contributed by atoms with van der Waals surface area (Å²) in [5.74, 6) is 0.134. The van der Waals surface area contributed by atoms with E-state index in [1.54, 1.807) is 43.3 Å². The Balaban J connectivity index is 1.66. The van der Waals surface area contributed by atoms with E-state index in [1.165, 1.54) is 17.0 Å². The van der Waals surface area contributed by atoms with Crippen molar-refractivity contribution in [1.82, 2.24) is 10.2 Å². The summed E-state index contributed by atoms with van der Waals surface area (Å²) >= 11 is 0. The summed E-state index contributed by atoms with van der Waals surface area (Å²) in [6, 6.07) is 21.6. The van der Waals surface area contributed by atoms with Crippen LogP contribution >= 0.6 is 0 Å². The number of ether oxygens (including phenoxy) is 2. The highest BCUT2D eigenvalue weighted by Gasteiger charge is 2.33. The Morgan fingerprint density at radius 1 is 0.927 bits per heavy atom. The number of benzene rings is 3. The highest BCUT2D eigenvalue weighted by atomic mass is 32.2. The van der Waals surface area contributed by atoms with Crippen LogP contribution < -0.4 is 19.1 Å². The van der Waals surface area contributed by atoms with Gasteiger partial charge in [-0.05, 0) is 49.6 Å². The van der Waals surface area contributed by atoms with Crippen LogP contribution in [0.15, 0.2) is 83.8 Å². The lowest BCUT2D eigenvalue weighted by Gasteiger charge is -2.32. The van der Waals surface area contributed by atoms with Crippen LogP contribution in [-0.4, -0.2) is 64.0 Å². The van der Waals surface area contributed by atoms with E-state index in [9.17, 15) is 18.0 Å². The Hall–Kier alpha value is -4.05. The molecule has 10 heteroatoms. The summed E-state index contributed by atoms with van der Waals surface area (Å²) in [6.45, 7) is 4.68. The summed E-state index contributed by atoms with van der Waals surface area (Å²) in [5.41, 5.74) is 1.26. The molecule has 4 rings (SSSR count). The summed E-state index contributed by atoms with van der Waals surface area (Å²) in [7, 11) is -4.15. The summed E-state index contributed by atoms with van der Waals surface area (Å²) < 4.78 is 40.2. The molecule has 3 aromatic carbocycles. The average molecular weight is 580 g/mol. The highest BCUT2D eigenvalue weighted by molar-refractivity contribution is 7.92. The van der Waals surface area contributed by atoms with Crippen molar-refractivity contribution in [3.8, 4) is 11.5 Å². The van der Waals surface area contributed by atoms with Crippen LogP contribution in [-0.2, 0) is 26.0 Å². The van der Waals surface area contributed by atoms with Gasteiger partial charge < -0.3 is 19.7 Å². The van der Waals surface area contributed by atoms with E-state index in [0.29, 0.717) is 37.7 Å². The van der Waals surface area contributed by atoms with Gasteiger partial charge in [-0.1, -0.05) is 61.9 Å². The second-order valence-electron chi connectivity index (χ2n) is 9.80. The number of rotatable bonds is 13. The van der Waals surface area contributed by atoms with Crippen molar-refractivity contribution in [2.45, 2.75) is 44.0 Å².